The Morgan fingerprint density at radius 2 is 2.05 bits per heavy atom. The Labute approximate surface area is 140 Å². The number of amides is 1. The van der Waals surface area contributed by atoms with Gasteiger partial charge in [0.1, 0.15) is 0 Å². The minimum absolute atomic E-state index is 0. The monoisotopic (exact) mass is 334 g/mol. The summed E-state index contributed by atoms with van der Waals surface area (Å²) in [5, 5.41) is 3.14. The fourth-order valence-corrected chi connectivity index (χ4v) is 4.06. The van der Waals surface area contributed by atoms with Crippen molar-refractivity contribution in [3.63, 3.8) is 0 Å². The third-order valence-electron chi connectivity index (χ3n) is 5.26. The molecule has 0 aliphatic heterocycles. The van der Waals surface area contributed by atoms with Crippen molar-refractivity contribution in [1.82, 2.24) is 10.2 Å². The molecule has 22 heavy (non-hydrogen) atoms. The van der Waals surface area contributed by atoms with E-state index in [1.807, 2.05) is 11.9 Å². The zero-order chi connectivity index (χ0) is 15.3. The summed E-state index contributed by atoms with van der Waals surface area (Å²) in [4.78, 5) is 14.3. The normalized spacial score (nSPS) is 25.6. The third-order valence-corrected chi connectivity index (χ3v) is 5.26. The molecule has 0 aromatic heterocycles. The van der Waals surface area contributed by atoms with Crippen LogP contribution in [0.3, 0.4) is 0 Å². The van der Waals surface area contributed by atoms with Crippen molar-refractivity contribution in [3.8, 4) is 0 Å². The lowest BCUT2D eigenvalue weighted by Gasteiger charge is -2.57. The topological polar surface area (TPSA) is 50.8 Å². The molecule has 0 aromatic carbocycles. The average molecular weight is 335 g/mol. The van der Waals surface area contributed by atoms with Crippen LogP contribution < -0.4 is 5.32 Å². The summed E-state index contributed by atoms with van der Waals surface area (Å²) in [5.41, 5.74) is 0.229. The summed E-state index contributed by atoms with van der Waals surface area (Å²) in [5.74, 6) is 0.178. The van der Waals surface area contributed by atoms with Gasteiger partial charge in [-0.1, -0.05) is 12.8 Å². The second-order valence-corrected chi connectivity index (χ2v) is 6.31. The predicted molar refractivity (Wildman–Crippen MR) is 89.5 cm³/mol. The zero-order valence-corrected chi connectivity index (χ0v) is 14.9. The van der Waals surface area contributed by atoms with Gasteiger partial charge in [0, 0.05) is 38.8 Å². The minimum atomic E-state index is 0. The highest BCUT2D eigenvalue weighted by atomic mass is 35.5. The number of halogens is 1. The smallest absolute Gasteiger partial charge is 0.236 e. The number of hydrogen-bond donors (Lipinski definition) is 1. The molecule has 1 spiro atoms. The van der Waals surface area contributed by atoms with E-state index in [4.69, 9.17) is 9.47 Å². The summed E-state index contributed by atoms with van der Waals surface area (Å²) >= 11 is 0. The highest BCUT2D eigenvalue weighted by Gasteiger charge is 2.58. The Morgan fingerprint density at radius 3 is 2.64 bits per heavy atom. The molecule has 1 N–H and O–H groups in total. The molecule has 2 atom stereocenters. The number of rotatable bonds is 8. The van der Waals surface area contributed by atoms with Crippen molar-refractivity contribution in [2.45, 2.75) is 51.2 Å². The summed E-state index contributed by atoms with van der Waals surface area (Å²) in [6.07, 6.45) is 6.30. The van der Waals surface area contributed by atoms with Crippen LogP contribution in [-0.4, -0.2) is 63.4 Å². The lowest BCUT2D eigenvalue weighted by atomic mass is 9.60. The van der Waals surface area contributed by atoms with Crippen LogP contribution in [0.1, 0.15) is 39.0 Å². The van der Waals surface area contributed by atoms with Crippen LogP contribution in [0.15, 0.2) is 0 Å². The number of carbonyl (C=O) groups excluding carboxylic acids is 1. The van der Waals surface area contributed by atoms with Crippen LogP contribution in [0.25, 0.3) is 0 Å². The van der Waals surface area contributed by atoms with Crippen molar-refractivity contribution in [2.24, 2.45) is 5.41 Å². The van der Waals surface area contributed by atoms with E-state index in [1.54, 1.807) is 7.11 Å². The number of nitrogens with one attached hydrogen (secondary N) is 1. The first-order valence-corrected chi connectivity index (χ1v) is 8.22. The molecule has 0 saturated heterocycles. The molecule has 2 aliphatic rings. The molecule has 0 aromatic rings. The maximum absolute atomic E-state index is 12.3. The molecule has 5 nitrogen and oxygen atoms in total. The van der Waals surface area contributed by atoms with E-state index in [0.29, 0.717) is 31.8 Å². The molecular formula is C16H31ClN2O3. The maximum Gasteiger partial charge on any atom is 0.236 e. The van der Waals surface area contributed by atoms with Crippen molar-refractivity contribution >= 4 is 18.3 Å². The molecule has 2 aliphatic carbocycles. The highest BCUT2D eigenvalue weighted by molar-refractivity contribution is 5.85. The lowest BCUT2D eigenvalue weighted by Crippen LogP contribution is -2.64. The van der Waals surface area contributed by atoms with E-state index in [0.717, 1.165) is 13.0 Å². The number of hydrogen-bond acceptors (Lipinski definition) is 4. The van der Waals surface area contributed by atoms with Crippen LogP contribution >= 0.6 is 12.4 Å². The first kappa shape index (κ1) is 19.7. The van der Waals surface area contributed by atoms with Gasteiger partial charge in [0.25, 0.3) is 0 Å². The van der Waals surface area contributed by atoms with Crippen LogP contribution in [0.2, 0.25) is 0 Å². The molecule has 130 valence electrons. The second-order valence-electron chi connectivity index (χ2n) is 6.31. The number of methoxy groups -OCH3 is 1. The predicted octanol–water partition coefficient (Wildman–Crippen LogP) is 1.84. The van der Waals surface area contributed by atoms with Gasteiger partial charge in [-0.05, 0) is 26.2 Å². The Hall–Kier alpha value is -0.360. The molecule has 2 unspecified atom stereocenters. The second kappa shape index (κ2) is 9.06. The van der Waals surface area contributed by atoms with Crippen LogP contribution in [0, 0.1) is 5.41 Å². The van der Waals surface area contributed by atoms with Gasteiger partial charge in [-0.25, -0.2) is 0 Å². The molecule has 0 bridgehead atoms. The molecule has 2 rings (SSSR count). The van der Waals surface area contributed by atoms with Gasteiger partial charge in [-0.2, -0.15) is 0 Å². The Morgan fingerprint density at radius 1 is 1.36 bits per heavy atom. The summed E-state index contributed by atoms with van der Waals surface area (Å²) in [6.45, 7) is 4.58. The first-order valence-electron chi connectivity index (χ1n) is 8.22. The Kier molecular flexibility index (Phi) is 8.11. The number of carbonyl (C=O) groups is 1. The van der Waals surface area contributed by atoms with Crippen molar-refractivity contribution in [2.75, 3.05) is 40.5 Å². The van der Waals surface area contributed by atoms with Gasteiger partial charge in [0.15, 0.2) is 0 Å². The quantitative estimate of drug-likeness (QED) is 0.688. The lowest BCUT2D eigenvalue weighted by molar-refractivity contribution is -0.171. The van der Waals surface area contributed by atoms with Crippen LogP contribution in [-0.2, 0) is 14.3 Å². The van der Waals surface area contributed by atoms with E-state index >= 15 is 0 Å². The van der Waals surface area contributed by atoms with Gasteiger partial charge in [0.05, 0.1) is 19.3 Å². The molecule has 2 saturated carbocycles. The van der Waals surface area contributed by atoms with Crippen molar-refractivity contribution < 1.29 is 14.3 Å². The fourth-order valence-electron chi connectivity index (χ4n) is 4.06. The zero-order valence-electron chi connectivity index (χ0n) is 14.1. The molecule has 6 heteroatoms. The van der Waals surface area contributed by atoms with Gasteiger partial charge in [-0.15, -0.1) is 12.4 Å². The molecule has 1 amide bonds. The SMILES string of the molecule is CCOC1CC(N(C)C(=O)CNCCOC)C12CCCC2.Cl. The van der Waals surface area contributed by atoms with Crippen LogP contribution in [0.5, 0.6) is 0 Å². The van der Waals surface area contributed by atoms with E-state index in [9.17, 15) is 4.79 Å². The Bertz CT molecular complexity index is 348. The van der Waals surface area contributed by atoms with Crippen molar-refractivity contribution in [1.29, 1.82) is 0 Å². The minimum Gasteiger partial charge on any atom is -0.383 e. The summed E-state index contributed by atoms with van der Waals surface area (Å²) < 4.78 is 10.9. The highest BCUT2D eigenvalue weighted by Crippen LogP contribution is 2.56. The molecule has 0 radical (unpaired) electrons. The number of likely N-dealkylation sites (N-methyl/N-ethyl adjacent to an activating group) is 1. The number of nitrogens with zero attached hydrogens (tertiary/aromatic N) is 1. The summed E-state index contributed by atoms with van der Waals surface area (Å²) in [7, 11) is 3.62. The van der Waals surface area contributed by atoms with E-state index in [-0.39, 0.29) is 23.7 Å². The average Bonchev–Trinajstić information content (AvgIpc) is 2.99. The van der Waals surface area contributed by atoms with E-state index < -0.39 is 0 Å². The third kappa shape index (κ3) is 3.94. The van der Waals surface area contributed by atoms with E-state index in [2.05, 4.69) is 12.2 Å². The maximum atomic E-state index is 12.3. The van der Waals surface area contributed by atoms with E-state index in [1.165, 1.54) is 25.7 Å². The Balaban J connectivity index is 0.00000242. The first-order chi connectivity index (χ1) is 10.2. The molecule has 2 fully saturated rings. The standard InChI is InChI=1S/C16H30N2O3.ClH/c1-4-21-14-11-13(16(14)7-5-6-8-16)18(2)15(19)12-17-9-10-20-3;/h13-14,17H,4-12H2,1-3H3;1H. The molecule has 0 heterocycles. The van der Waals surface area contributed by atoms with Gasteiger partial charge in [-0.3, -0.25) is 4.79 Å². The van der Waals surface area contributed by atoms with Gasteiger partial charge in [0.2, 0.25) is 5.91 Å². The van der Waals surface area contributed by atoms with Crippen molar-refractivity contribution in [3.05, 3.63) is 0 Å². The summed E-state index contributed by atoms with van der Waals surface area (Å²) in [6, 6.07) is 0.355. The number of ether oxygens (including phenoxy) is 2. The molecular weight excluding hydrogens is 304 g/mol. The van der Waals surface area contributed by atoms with Crippen LogP contribution in [0.4, 0.5) is 0 Å². The van der Waals surface area contributed by atoms with Gasteiger partial charge >= 0.3 is 0 Å². The fraction of sp³-hybridized carbons (Fsp3) is 0.938. The van der Waals surface area contributed by atoms with Gasteiger partial charge < -0.3 is 19.7 Å². The largest absolute Gasteiger partial charge is 0.383 e.